The van der Waals surface area contributed by atoms with E-state index in [0.717, 1.165) is 16.8 Å². The van der Waals surface area contributed by atoms with Crippen LogP contribution in [-0.2, 0) is 21.4 Å². The standard InChI is InChI=1S/C28H32N4O4S2/c1-5-31(6-2)38(34,35)22-16-17-24-23(18-22)29-28(32(24)25-14-10-11-15-26(25)36-4)37-20-27(33)30(3)19-21-12-8-7-9-13-21/h7-18H,5-6,19-20H2,1-4H3. The first-order valence-corrected chi connectivity index (χ1v) is 14.8. The summed E-state index contributed by atoms with van der Waals surface area (Å²) >= 11 is 1.31. The van der Waals surface area contributed by atoms with Crippen LogP contribution < -0.4 is 4.74 Å². The fourth-order valence-corrected chi connectivity index (χ4v) is 6.68. The van der Waals surface area contributed by atoms with E-state index in [-0.39, 0.29) is 16.6 Å². The summed E-state index contributed by atoms with van der Waals surface area (Å²) in [4.78, 5) is 19.6. The Morgan fingerprint density at radius 3 is 2.37 bits per heavy atom. The van der Waals surface area contributed by atoms with Crippen molar-refractivity contribution in [1.82, 2.24) is 18.8 Å². The average Bonchev–Trinajstić information content (AvgIpc) is 3.30. The van der Waals surface area contributed by atoms with Crippen LogP contribution in [0.3, 0.4) is 0 Å². The number of amides is 1. The van der Waals surface area contributed by atoms with Gasteiger partial charge in [0, 0.05) is 26.7 Å². The number of benzene rings is 3. The van der Waals surface area contributed by atoms with Gasteiger partial charge in [0.25, 0.3) is 0 Å². The molecule has 0 spiro atoms. The lowest BCUT2D eigenvalue weighted by atomic mass is 10.2. The number of fused-ring (bicyclic) bond motifs is 1. The Hall–Kier alpha value is -3.34. The second-order valence-corrected chi connectivity index (χ2v) is 11.5. The molecule has 0 aliphatic rings. The lowest BCUT2D eigenvalue weighted by molar-refractivity contribution is -0.127. The molecule has 0 bridgehead atoms. The first-order chi connectivity index (χ1) is 18.3. The van der Waals surface area contributed by atoms with E-state index in [9.17, 15) is 13.2 Å². The third-order valence-electron chi connectivity index (χ3n) is 6.28. The molecule has 0 fully saturated rings. The van der Waals surface area contributed by atoms with Crippen molar-refractivity contribution in [2.45, 2.75) is 30.4 Å². The summed E-state index contributed by atoms with van der Waals surface area (Å²) in [6.07, 6.45) is 0. The number of sulfonamides is 1. The maximum absolute atomic E-state index is 13.2. The predicted molar refractivity (Wildman–Crippen MR) is 151 cm³/mol. The van der Waals surface area contributed by atoms with Gasteiger partial charge in [0.05, 0.1) is 34.5 Å². The van der Waals surface area contributed by atoms with Gasteiger partial charge in [0.15, 0.2) is 5.16 Å². The second kappa shape index (κ2) is 12.0. The number of carbonyl (C=O) groups is 1. The minimum Gasteiger partial charge on any atom is -0.495 e. The van der Waals surface area contributed by atoms with Gasteiger partial charge in [-0.25, -0.2) is 13.4 Å². The van der Waals surface area contributed by atoms with Crippen LogP contribution >= 0.6 is 11.8 Å². The van der Waals surface area contributed by atoms with Gasteiger partial charge in [-0.15, -0.1) is 0 Å². The molecule has 0 aliphatic heterocycles. The fraction of sp³-hybridized carbons (Fsp3) is 0.286. The van der Waals surface area contributed by atoms with Crippen molar-refractivity contribution in [3.05, 3.63) is 78.4 Å². The fourth-order valence-electron chi connectivity index (χ4n) is 4.24. The molecule has 8 nitrogen and oxygen atoms in total. The van der Waals surface area contributed by atoms with E-state index >= 15 is 0 Å². The van der Waals surface area contributed by atoms with E-state index in [0.29, 0.717) is 36.1 Å². The second-order valence-electron chi connectivity index (χ2n) is 8.67. The summed E-state index contributed by atoms with van der Waals surface area (Å²) in [6, 6.07) is 22.3. The molecule has 3 aromatic carbocycles. The maximum Gasteiger partial charge on any atom is 0.243 e. The molecule has 1 heterocycles. The Bertz CT molecular complexity index is 1520. The van der Waals surface area contributed by atoms with Crippen LogP contribution in [0.2, 0.25) is 0 Å². The predicted octanol–water partition coefficient (Wildman–Crippen LogP) is 4.82. The van der Waals surface area contributed by atoms with Crippen LogP contribution in [0.4, 0.5) is 0 Å². The van der Waals surface area contributed by atoms with E-state index in [4.69, 9.17) is 9.72 Å². The average molecular weight is 553 g/mol. The van der Waals surface area contributed by atoms with Gasteiger partial charge in [-0.1, -0.05) is 68.1 Å². The monoisotopic (exact) mass is 552 g/mol. The van der Waals surface area contributed by atoms with Gasteiger partial charge in [-0.3, -0.25) is 9.36 Å². The Morgan fingerprint density at radius 2 is 1.68 bits per heavy atom. The lowest BCUT2D eigenvalue weighted by Gasteiger charge is -2.18. The van der Waals surface area contributed by atoms with Crippen molar-refractivity contribution in [2.24, 2.45) is 0 Å². The number of carbonyl (C=O) groups excluding carboxylic acids is 1. The number of imidazole rings is 1. The lowest BCUT2D eigenvalue weighted by Crippen LogP contribution is -2.30. The number of methoxy groups -OCH3 is 1. The zero-order valence-electron chi connectivity index (χ0n) is 22.0. The molecule has 0 radical (unpaired) electrons. The summed E-state index contributed by atoms with van der Waals surface area (Å²) in [6.45, 7) is 4.90. The van der Waals surface area contributed by atoms with Crippen LogP contribution in [0, 0.1) is 0 Å². The Balaban J connectivity index is 1.71. The van der Waals surface area contributed by atoms with E-state index in [1.165, 1.54) is 16.1 Å². The summed E-state index contributed by atoms with van der Waals surface area (Å²) in [5, 5.41) is 0.573. The highest BCUT2D eigenvalue weighted by Gasteiger charge is 2.24. The molecule has 0 saturated carbocycles. The number of nitrogens with zero attached hydrogens (tertiary/aromatic N) is 4. The molecule has 1 amide bonds. The largest absolute Gasteiger partial charge is 0.495 e. The minimum absolute atomic E-state index is 0.0395. The molecule has 0 aliphatic carbocycles. The zero-order valence-corrected chi connectivity index (χ0v) is 23.6. The molecule has 0 saturated heterocycles. The molecule has 10 heteroatoms. The molecule has 4 aromatic rings. The Labute approximate surface area is 228 Å². The van der Waals surface area contributed by atoms with Crippen molar-refractivity contribution in [2.75, 3.05) is 33.0 Å². The van der Waals surface area contributed by atoms with Crippen molar-refractivity contribution < 1.29 is 17.9 Å². The van der Waals surface area contributed by atoms with Crippen LogP contribution in [0.5, 0.6) is 5.75 Å². The van der Waals surface area contributed by atoms with E-state index in [1.807, 2.05) is 73.0 Å². The van der Waals surface area contributed by atoms with Crippen molar-refractivity contribution in [3.63, 3.8) is 0 Å². The molecular formula is C28H32N4O4S2. The van der Waals surface area contributed by atoms with Gasteiger partial charge < -0.3 is 9.64 Å². The van der Waals surface area contributed by atoms with Crippen molar-refractivity contribution in [3.8, 4) is 11.4 Å². The third kappa shape index (κ3) is 5.72. The number of ether oxygens (including phenoxy) is 1. The van der Waals surface area contributed by atoms with E-state index in [1.54, 1.807) is 37.3 Å². The van der Waals surface area contributed by atoms with Crippen LogP contribution in [0.15, 0.2) is 82.8 Å². The molecule has 200 valence electrons. The molecule has 0 atom stereocenters. The normalized spacial score (nSPS) is 11.7. The molecule has 4 rings (SSSR count). The van der Waals surface area contributed by atoms with Crippen LogP contribution in [0.1, 0.15) is 19.4 Å². The van der Waals surface area contributed by atoms with Gasteiger partial charge in [-0.2, -0.15) is 4.31 Å². The molecule has 38 heavy (non-hydrogen) atoms. The highest BCUT2D eigenvalue weighted by Crippen LogP contribution is 2.34. The highest BCUT2D eigenvalue weighted by atomic mass is 32.2. The first kappa shape index (κ1) is 27.7. The SMILES string of the molecule is CCN(CC)S(=O)(=O)c1ccc2c(c1)nc(SCC(=O)N(C)Cc1ccccc1)n2-c1ccccc1OC. The number of para-hydroxylation sites is 2. The third-order valence-corrected chi connectivity index (χ3v) is 9.25. The summed E-state index contributed by atoms with van der Waals surface area (Å²) < 4.78 is 35.3. The zero-order chi connectivity index (χ0) is 27.3. The van der Waals surface area contributed by atoms with Gasteiger partial charge >= 0.3 is 0 Å². The molecule has 0 N–H and O–H groups in total. The minimum atomic E-state index is -3.65. The first-order valence-electron chi connectivity index (χ1n) is 12.4. The van der Waals surface area contributed by atoms with Gasteiger partial charge in [0.1, 0.15) is 5.75 Å². The van der Waals surface area contributed by atoms with Crippen LogP contribution in [-0.4, -0.2) is 66.1 Å². The molecular weight excluding hydrogens is 520 g/mol. The van der Waals surface area contributed by atoms with Crippen molar-refractivity contribution in [1.29, 1.82) is 0 Å². The quantitative estimate of drug-likeness (QED) is 0.248. The number of hydrogen-bond acceptors (Lipinski definition) is 6. The van der Waals surface area contributed by atoms with Gasteiger partial charge in [0.2, 0.25) is 15.9 Å². The number of aromatic nitrogens is 2. The smallest absolute Gasteiger partial charge is 0.243 e. The van der Waals surface area contributed by atoms with Gasteiger partial charge in [-0.05, 0) is 35.9 Å². The Kier molecular flexibility index (Phi) is 8.76. The van der Waals surface area contributed by atoms with Crippen molar-refractivity contribution >= 4 is 38.7 Å². The van der Waals surface area contributed by atoms with Crippen LogP contribution in [0.25, 0.3) is 16.7 Å². The number of hydrogen-bond donors (Lipinski definition) is 0. The molecule has 1 aromatic heterocycles. The Morgan fingerprint density at radius 1 is 1.00 bits per heavy atom. The molecule has 0 unspecified atom stereocenters. The summed E-state index contributed by atoms with van der Waals surface area (Å²) in [7, 11) is -0.269. The number of rotatable bonds is 11. The summed E-state index contributed by atoms with van der Waals surface area (Å²) in [5.74, 6) is 0.773. The van der Waals surface area contributed by atoms with E-state index in [2.05, 4.69) is 0 Å². The van der Waals surface area contributed by atoms with E-state index < -0.39 is 10.0 Å². The number of thioether (sulfide) groups is 1. The highest BCUT2D eigenvalue weighted by molar-refractivity contribution is 7.99. The maximum atomic E-state index is 13.2. The summed E-state index contributed by atoms with van der Waals surface area (Å²) in [5.41, 5.74) is 3.05. The topological polar surface area (TPSA) is 84.7 Å².